The Hall–Kier alpha value is -2.00. The van der Waals surface area contributed by atoms with E-state index in [1.807, 2.05) is 0 Å². The van der Waals surface area contributed by atoms with Crippen molar-refractivity contribution in [3.05, 3.63) is 12.3 Å². The van der Waals surface area contributed by atoms with Crippen LogP contribution in [0.25, 0.3) is 0 Å². The van der Waals surface area contributed by atoms with E-state index >= 15 is 0 Å². The van der Waals surface area contributed by atoms with E-state index in [-0.39, 0.29) is 6.61 Å². The molecule has 1 heterocycles. The van der Waals surface area contributed by atoms with Gasteiger partial charge in [-0.3, -0.25) is 5.73 Å². The molecule has 0 saturated carbocycles. The van der Waals surface area contributed by atoms with Gasteiger partial charge in [0.25, 0.3) is 0 Å². The lowest BCUT2D eigenvalue weighted by Crippen LogP contribution is -2.64. The van der Waals surface area contributed by atoms with Gasteiger partial charge in [0.2, 0.25) is 5.66 Å². The number of nitrogens with one attached hydrogen (secondary N) is 2. The van der Waals surface area contributed by atoms with Gasteiger partial charge in [0.05, 0.1) is 0 Å². The van der Waals surface area contributed by atoms with Gasteiger partial charge in [0.15, 0.2) is 6.61 Å². The molecule has 1 rings (SSSR count). The molecule has 0 aromatic heterocycles. The van der Waals surface area contributed by atoms with E-state index in [2.05, 4.69) is 21.3 Å². The first-order valence-electron chi connectivity index (χ1n) is 3.74. The second-order valence-electron chi connectivity index (χ2n) is 2.58. The zero-order chi connectivity index (χ0) is 10.6. The molecule has 0 radical (unpaired) electrons. The Balaban J connectivity index is 2.70. The molecule has 6 nitrogen and oxygen atoms in total. The molecule has 0 bridgehead atoms. The van der Waals surface area contributed by atoms with E-state index in [9.17, 15) is 9.59 Å². The predicted octanol–water partition coefficient (Wildman–Crippen LogP) is -1.36. The molecule has 0 aromatic carbocycles. The van der Waals surface area contributed by atoms with Crippen molar-refractivity contribution in [2.45, 2.75) is 5.66 Å². The van der Waals surface area contributed by atoms with Gasteiger partial charge < -0.3 is 15.4 Å². The first kappa shape index (κ1) is 10.1. The summed E-state index contributed by atoms with van der Waals surface area (Å²) in [6.07, 6.45) is 7.42. The maximum absolute atomic E-state index is 11.3. The number of hydrogen-bond acceptors (Lipinski definition) is 4. The summed E-state index contributed by atoms with van der Waals surface area (Å²) in [4.78, 5) is 22.1. The van der Waals surface area contributed by atoms with Gasteiger partial charge >= 0.3 is 12.0 Å². The summed E-state index contributed by atoms with van der Waals surface area (Å²) in [5, 5.41) is 4.49. The van der Waals surface area contributed by atoms with E-state index in [4.69, 9.17) is 12.2 Å². The fourth-order valence-corrected chi connectivity index (χ4v) is 0.860. The molecule has 1 atom stereocenters. The molecule has 4 N–H and O–H groups in total. The quantitative estimate of drug-likeness (QED) is 0.375. The number of nitrogens with two attached hydrogens (primary N) is 1. The Morgan fingerprint density at radius 1 is 1.79 bits per heavy atom. The van der Waals surface area contributed by atoms with Crippen LogP contribution in [0.2, 0.25) is 0 Å². The highest BCUT2D eigenvalue weighted by Gasteiger charge is 2.36. The van der Waals surface area contributed by atoms with Crippen molar-refractivity contribution in [1.29, 1.82) is 0 Å². The van der Waals surface area contributed by atoms with Crippen LogP contribution in [0.3, 0.4) is 0 Å². The number of hydrogen-bond donors (Lipinski definition) is 3. The SMILES string of the molecule is C#CCOC(=O)C1(N)C=CNC(=O)N1. The monoisotopic (exact) mass is 195 g/mol. The van der Waals surface area contributed by atoms with Crippen molar-refractivity contribution in [3.63, 3.8) is 0 Å². The average Bonchev–Trinajstić information content (AvgIpc) is 2.13. The van der Waals surface area contributed by atoms with Crippen LogP contribution in [0.15, 0.2) is 12.3 Å². The zero-order valence-corrected chi connectivity index (χ0v) is 7.24. The van der Waals surface area contributed by atoms with Crippen LogP contribution in [0.4, 0.5) is 4.79 Å². The number of carbonyl (C=O) groups is 2. The highest BCUT2D eigenvalue weighted by molar-refractivity contribution is 5.90. The molecule has 1 aliphatic heterocycles. The first-order valence-corrected chi connectivity index (χ1v) is 3.74. The standard InChI is InChI=1S/C8H9N3O3/c1-2-5-14-6(12)8(9)3-4-10-7(13)11-8/h1,3-4H,5,9H2,(H2,10,11,13). The largest absolute Gasteiger partial charge is 0.450 e. The molecule has 0 spiro atoms. The molecule has 14 heavy (non-hydrogen) atoms. The molecule has 0 aromatic rings. The van der Waals surface area contributed by atoms with Crippen molar-refractivity contribution < 1.29 is 14.3 Å². The Morgan fingerprint density at radius 3 is 3.07 bits per heavy atom. The smallest absolute Gasteiger partial charge is 0.352 e. The summed E-state index contributed by atoms with van der Waals surface area (Å²) in [5.41, 5.74) is 3.89. The van der Waals surface area contributed by atoms with Crippen LogP contribution in [-0.4, -0.2) is 24.3 Å². The lowest BCUT2D eigenvalue weighted by molar-refractivity contribution is -0.147. The van der Waals surface area contributed by atoms with Crippen molar-refractivity contribution in [3.8, 4) is 12.3 Å². The Bertz CT molecular complexity index is 331. The summed E-state index contributed by atoms with van der Waals surface area (Å²) in [5.74, 6) is 1.31. The number of carbonyl (C=O) groups excluding carboxylic acids is 2. The van der Waals surface area contributed by atoms with Gasteiger partial charge in [0, 0.05) is 6.20 Å². The number of rotatable bonds is 2. The van der Waals surface area contributed by atoms with Gasteiger partial charge in [-0.25, -0.2) is 9.59 Å². The number of amides is 2. The maximum atomic E-state index is 11.3. The molecule has 0 saturated heterocycles. The zero-order valence-electron chi connectivity index (χ0n) is 7.24. The van der Waals surface area contributed by atoms with E-state index in [1.54, 1.807) is 0 Å². The van der Waals surface area contributed by atoms with Crippen LogP contribution in [-0.2, 0) is 9.53 Å². The fraction of sp³-hybridized carbons (Fsp3) is 0.250. The van der Waals surface area contributed by atoms with Gasteiger partial charge in [-0.1, -0.05) is 5.92 Å². The van der Waals surface area contributed by atoms with Crippen LogP contribution in [0.1, 0.15) is 0 Å². The van der Waals surface area contributed by atoms with Crippen molar-refractivity contribution >= 4 is 12.0 Å². The molecule has 2 amide bonds. The summed E-state index contributed by atoms with van der Waals surface area (Å²) < 4.78 is 4.59. The van der Waals surface area contributed by atoms with Gasteiger partial charge in [-0.2, -0.15) is 0 Å². The molecule has 74 valence electrons. The summed E-state index contributed by atoms with van der Waals surface area (Å²) in [6, 6.07) is -0.576. The number of ether oxygens (including phenoxy) is 1. The van der Waals surface area contributed by atoms with Crippen molar-refractivity contribution in [2.24, 2.45) is 5.73 Å². The number of urea groups is 1. The third kappa shape index (κ3) is 2.02. The van der Waals surface area contributed by atoms with Crippen LogP contribution in [0.5, 0.6) is 0 Å². The molecular formula is C8H9N3O3. The molecular weight excluding hydrogens is 186 g/mol. The minimum absolute atomic E-state index is 0.186. The predicted molar refractivity (Wildman–Crippen MR) is 47.5 cm³/mol. The van der Waals surface area contributed by atoms with Crippen molar-refractivity contribution in [1.82, 2.24) is 10.6 Å². The Morgan fingerprint density at radius 2 is 2.50 bits per heavy atom. The third-order valence-corrected chi connectivity index (χ3v) is 1.51. The highest BCUT2D eigenvalue weighted by Crippen LogP contribution is 2.04. The minimum Gasteiger partial charge on any atom is -0.450 e. The highest BCUT2D eigenvalue weighted by atomic mass is 16.5. The Kier molecular flexibility index (Phi) is 2.74. The average molecular weight is 195 g/mol. The lowest BCUT2D eigenvalue weighted by atomic mass is 10.1. The van der Waals surface area contributed by atoms with Crippen molar-refractivity contribution in [2.75, 3.05) is 6.61 Å². The lowest BCUT2D eigenvalue weighted by Gasteiger charge is -2.27. The van der Waals surface area contributed by atoms with Crippen LogP contribution < -0.4 is 16.4 Å². The van der Waals surface area contributed by atoms with E-state index in [0.29, 0.717) is 0 Å². The minimum atomic E-state index is -1.64. The first-order chi connectivity index (χ1) is 6.58. The second-order valence-corrected chi connectivity index (χ2v) is 2.58. The van der Waals surface area contributed by atoms with Gasteiger partial charge in [-0.15, -0.1) is 6.42 Å². The topological polar surface area (TPSA) is 93.4 Å². The van der Waals surface area contributed by atoms with Crippen LogP contribution >= 0.6 is 0 Å². The normalized spacial score (nSPS) is 24.4. The van der Waals surface area contributed by atoms with Gasteiger partial charge in [0.1, 0.15) is 0 Å². The van der Waals surface area contributed by atoms with E-state index in [1.165, 1.54) is 12.3 Å². The van der Waals surface area contributed by atoms with Crippen LogP contribution in [0, 0.1) is 12.3 Å². The summed E-state index contributed by atoms with van der Waals surface area (Å²) in [7, 11) is 0. The molecule has 6 heteroatoms. The summed E-state index contributed by atoms with van der Waals surface area (Å²) >= 11 is 0. The third-order valence-electron chi connectivity index (χ3n) is 1.51. The fourth-order valence-electron chi connectivity index (χ4n) is 0.860. The van der Waals surface area contributed by atoms with E-state index < -0.39 is 17.7 Å². The number of terminal acetylenes is 1. The number of esters is 1. The maximum Gasteiger partial charge on any atom is 0.352 e. The second kappa shape index (κ2) is 3.81. The summed E-state index contributed by atoms with van der Waals surface area (Å²) in [6.45, 7) is -0.186. The van der Waals surface area contributed by atoms with Gasteiger partial charge in [-0.05, 0) is 6.08 Å². The molecule has 1 aliphatic rings. The van der Waals surface area contributed by atoms with E-state index in [0.717, 1.165) is 0 Å². The molecule has 1 unspecified atom stereocenters. The Labute approximate surface area is 80.5 Å². The molecule has 0 fully saturated rings. The molecule has 0 aliphatic carbocycles.